The van der Waals surface area contributed by atoms with Gasteiger partial charge < -0.3 is 19.7 Å². The zero-order valence-electron chi connectivity index (χ0n) is 19.8. The number of ether oxygens (including phenoxy) is 2. The number of methoxy groups -OCH3 is 2. The molecular formula is C28H31N3O3. The summed E-state index contributed by atoms with van der Waals surface area (Å²) in [7, 11) is 3.33. The normalized spacial score (nSPS) is 23.1. The van der Waals surface area contributed by atoms with E-state index in [9.17, 15) is 4.79 Å². The zero-order chi connectivity index (χ0) is 23.2. The molecule has 176 valence electrons. The van der Waals surface area contributed by atoms with Gasteiger partial charge in [0.05, 0.1) is 25.3 Å². The minimum Gasteiger partial charge on any atom is -0.493 e. The number of pyridine rings is 1. The van der Waals surface area contributed by atoms with Crippen LogP contribution in [0, 0.1) is 11.8 Å². The number of para-hydroxylation sites is 1. The van der Waals surface area contributed by atoms with E-state index in [2.05, 4.69) is 22.3 Å². The van der Waals surface area contributed by atoms with Gasteiger partial charge in [0.1, 0.15) is 5.82 Å². The molecule has 1 amide bonds. The van der Waals surface area contributed by atoms with E-state index in [0.29, 0.717) is 18.5 Å². The fraction of sp³-hybridized carbons (Fsp3) is 0.429. The van der Waals surface area contributed by atoms with Crippen LogP contribution in [0.3, 0.4) is 0 Å². The van der Waals surface area contributed by atoms with Gasteiger partial charge in [-0.3, -0.25) is 4.79 Å². The van der Waals surface area contributed by atoms with Crippen LogP contribution < -0.4 is 19.7 Å². The Labute approximate surface area is 200 Å². The summed E-state index contributed by atoms with van der Waals surface area (Å²) in [5.74, 6) is 3.81. The van der Waals surface area contributed by atoms with Gasteiger partial charge in [-0.25, -0.2) is 4.98 Å². The van der Waals surface area contributed by atoms with Crippen LogP contribution in [0.4, 0.5) is 5.82 Å². The predicted octanol–water partition coefficient (Wildman–Crippen LogP) is 4.73. The van der Waals surface area contributed by atoms with Crippen molar-refractivity contribution in [2.45, 2.75) is 44.7 Å². The Bertz CT molecular complexity index is 1260. The third kappa shape index (κ3) is 3.65. The van der Waals surface area contributed by atoms with Crippen molar-refractivity contribution in [1.82, 2.24) is 10.3 Å². The van der Waals surface area contributed by atoms with Gasteiger partial charge in [-0.1, -0.05) is 24.6 Å². The Morgan fingerprint density at radius 1 is 1.03 bits per heavy atom. The minimum absolute atomic E-state index is 0.0289. The second-order valence-corrected chi connectivity index (χ2v) is 9.95. The van der Waals surface area contributed by atoms with E-state index in [4.69, 9.17) is 14.5 Å². The Kier molecular flexibility index (Phi) is 5.31. The summed E-state index contributed by atoms with van der Waals surface area (Å²) in [5.41, 5.74) is 4.05. The molecule has 34 heavy (non-hydrogen) atoms. The van der Waals surface area contributed by atoms with E-state index in [1.807, 2.05) is 30.3 Å². The highest BCUT2D eigenvalue weighted by Crippen LogP contribution is 2.44. The lowest BCUT2D eigenvalue weighted by atomic mass is 9.95. The zero-order valence-corrected chi connectivity index (χ0v) is 19.8. The average molecular weight is 458 g/mol. The Morgan fingerprint density at radius 2 is 1.82 bits per heavy atom. The van der Waals surface area contributed by atoms with Gasteiger partial charge in [0, 0.05) is 24.5 Å². The van der Waals surface area contributed by atoms with Crippen LogP contribution in [0.25, 0.3) is 10.9 Å². The van der Waals surface area contributed by atoms with Crippen molar-refractivity contribution in [1.29, 1.82) is 0 Å². The van der Waals surface area contributed by atoms with Crippen LogP contribution in [0.1, 0.15) is 47.2 Å². The van der Waals surface area contributed by atoms with Gasteiger partial charge in [0.25, 0.3) is 5.91 Å². The van der Waals surface area contributed by atoms with Crippen molar-refractivity contribution in [2.24, 2.45) is 11.8 Å². The summed E-state index contributed by atoms with van der Waals surface area (Å²) in [4.78, 5) is 20.7. The first kappa shape index (κ1) is 21.3. The number of anilines is 1. The standard InChI is InChI=1S/C28H31N3O3/c1-33-25-13-18-9-10-31(16-20(18)14-26(25)34-2)27-15-22(21-5-3-4-6-23(21)29-27)28(32)30-24-12-17-7-8-19(24)11-17/h3-6,13-15,17,19,24H,7-12,16H2,1-2H3,(H,30,32)/t17-,19+,24-/m0/s1. The van der Waals surface area contributed by atoms with Gasteiger partial charge in [-0.05, 0) is 72.9 Å². The highest BCUT2D eigenvalue weighted by Gasteiger charge is 2.40. The molecule has 2 saturated carbocycles. The molecule has 3 atom stereocenters. The highest BCUT2D eigenvalue weighted by molar-refractivity contribution is 6.07. The molecule has 2 bridgehead atoms. The maximum Gasteiger partial charge on any atom is 0.252 e. The smallest absolute Gasteiger partial charge is 0.252 e. The number of nitrogens with one attached hydrogen (secondary N) is 1. The van der Waals surface area contributed by atoms with E-state index < -0.39 is 0 Å². The first-order valence-corrected chi connectivity index (χ1v) is 12.3. The molecule has 3 aliphatic rings. The molecule has 2 heterocycles. The summed E-state index contributed by atoms with van der Waals surface area (Å²) in [6.45, 7) is 1.55. The second-order valence-electron chi connectivity index (χ2n) is 9.95. The molecule has 6 rings (SSSR count). The number of hydrogen-bond donors (Lipinski definition) is 1. The minimum atomic E-state index is 0.0289. The first-order chi connectivity index (χ1) is 16.6. The van der Waals surface area contributed by atoms with Gasteiger partial charge in [-0.2, -0.15) is 0 Å². The molecule has 1 aliphatic heterocycles. The number of benzene rings is 2. The molecule has 3 aromatic rings. The van der Waals surface area contributed by atoms with Crippen LogP contribution >= 0.6 is 0 Å². The van der Waals surface area contributed by atoms with Crippen molar-refractivity contribution >= 4 is 22.6 Å². The number of carbonyl (C=O) groups is 1. The van der Waals surface area contributed by atoms with Crippen molar-refractivity contribution < 1.29 is 14.3 Å². The van der Waals surface area contributed by atoms with Gasteiger partial charge >= 0.3 is 0 Å². The molecule has 6 heteroatoms. The monoisotopic (exact) mass is 457 g/mol. The SMILES string of the molecule is COc1cc2c(cc1OC)CN(c1cc(C(=O)N[C@H]3C[C@H]4CC[C@@H]3C4)c3ccccc3n1)CC2. The summed E-state index contributed by atoms with van der Waals surface area (Å²) in [5, 5.41) is 4.29. The van der Waals surface area contributed by atoms with Crippen molar-refractivity contribution in [3.63, 3.8) is 0 Å². The lowest BCUT2D eigenvalue weighted by Gasteiger charge is -2.31. The maximum atomic E-state index is 13.5. The number of hydrogen-bond acceptors (Lipinski definition) is 5. The largest absolute Gasteiger partial charge is 0.493 e. The number of fused-ring (bicyclic) bond motifs is 4. The average Bonchev–Trinajstić information content (AvgIpc) is 3.50. The van der Waals surface area contributed by atoms with Gasteiger partial charge in [0.2, 0.25) is 0 Å². The second kappa shape index (κ2) is 8.49. The molecule has 2 aliphatic carbocycles. The van der Waals surface area contributed by atoms with Gasteiger partial charge in [-0.15, -0.1) is 0 Å². The van der Waals surface area contributed by atoms with E-state index in [0.717, 1.165) is 59.1 Å². The fourth-order valence-electron chi connectivity index (χ4n) is 6.26. The van der Waals surface area contributed by atoms with E-state index in [1.165, 1.54) is 30.4 Å². The van der Waals surface area contributed by atoms with Crippen LogP contribution in [-0.4, -0.2) is 37.7 Å². The quantitative estimate of drug-likeness (QED) is 0.600. The number of rotatable bonds is 5. The van der Waals surface area contributed by atoms with Gasteiger partial charge in [0.15, 0.2) is 11.5 Å². The molecule has 0 saturated heterocycles. The molecule has 0 unspecified atom stereocenters. The third-order valence-corrected chi connectivity index (χ3v) is 8.04. The van der Waals surface area contributed by atoms with E-state index in [1.54, 1.807) is 14.2 Å². The Hall–Kier alpha value is -3.28. The molecule has 6 nitrogen and oxygen atoms in total. The summed E-state index contributed by atoms with van der Waals surface area (Å²) >= 11 is 0. The Balaban J connectivity index is 1.32. The molecule has 1 aromatic heterocycles. The first-order valence-electron chi connectivity index (χ1n) is 12.3. The highest BCUT2D eigenvalue weighted by atomic mass is 16.5. The van der Waals surface area contributed by atoms with Crippen LogP contribution in [-0.2, 0) is 13.0 Å². The van der Waals surface area contributed by atoms with E-state index in [-0.39, 0.29) is 5.91 Å². The molecule has 2 aromatic carbocycles. The molecule has 1 N–H and O–H groups in total. The predicted molar refractivity (Wildman–Crippen MR) is 133 cm³/mol. The summed E-state index contributed by atoms with van der Waals surface area (Å²) < 4.78 is 11.0. The lowest BCUT2D eigenvalue weighted by Crippen LogP contribution is -2.38. The van der Waals surface area contributed by atoms with Crippen molar-refractivity contribution in [3.8, 4) is 11.5 Å². The summed E-state index contributed by atoms with van der Waals surface area (Å²) in [6, 6.07) is 14.4. The maximum absolute atomic E-state index is 13.5. The fourth-order valence-corrected chi connectivity index (χ4v) is 6.26. The number of carbonyl (C=O) groups excluding carboxylic acids is 1. The number of nitrogens with zero attached hydrogens (tertiary/aromatic N) is 2. The number of amides is 1. The third-order valence-electron chi connectivity index (χ3n) is 8.04. The Morgan fingerprint density at radius 3 is 2.56 bits per heavy atom. The molecule has 0 spiro atoms. The lowest BCUT2D eigenvalue weighted by molar-refractivity contribution is 0.0924. The van der Waals surface area contributed by atoms with Crippen molar-refractivity contribution in [2.75, 3.05) is 25.7 Å². The van der Waals surface area contributed by atoms with Crippen molar-refractivity contribution in [3.05, 3.63) is 59.2 Å². The molecular weight excluding hydrogens is 426 g/mol. The topological polar surface area (TPSA) is 63.7 Å². The molecule has 0 radical (unpaired) electrons. The van der Waals surface area contributed by atoms with Crippen LogP contribution in [0.2, 0.25) is 0 Å². The van der Waals surface area contributed by atoms with Crippen LogP contribution in [0.15, 0.2) is 42.5 Å². The molecule has 2 fully saturated rings. The summed E-state index contributed by atoms with van der Waals surface area (Å²) in [6.07, 6.45) is 5.86. The number of aromatic nitrogens is 1. The van der Waals surface area contributed by atoms with E-state index >= 15 is 0 Å². The van der Waals surface area contributed by atoms with Crippen LogP contribution in [0.5, 0.6) is 11.5 Å².